The molecule has 0 fully saturated rings. The van der Waals surface area contributed by atoms with Gasteiger partial charge in [0.1, 0.15) is 11.3 Å². The van der Waals surface area contributed by atoms with Crippen LogP contribution in [0.15, 0.2) is 53.4 Å². The topological polar surface area (TPSA) is 68.8 Å². The number of pyridine rings is 1. The Hall–Kier alpha value is -2.57. The van der Waals surface area contributed by atoms with Gasteiger partial charge in [-0.3, -0.25) is 4.72 Å². The quantitative estimate of drug-likeness (QED) is 0.193. The largest absolute Gasteiger partial charge is 0.382 e. The maximum absolute atomic E-state index is 6.32. The van der Waals surface area contributed by atoms with Crippen LogP contribution in [0.2, 0.25) is 0 Å². The van der Waals surface area contributed by atoms with Gasteiger partial charge < -0.3 is 10.3 Å². The van der Waals surface area contributed by atoms with Gasteiger partial charge in [0.05, 0.1) is 11.0 Å². The van der Waals surface area contributed by atoms with Crippen molar-refractivity contribution in [3.8, 4) is 0 Å². The fourth-order valence-electron chi connectivity index (χ4n) is 4.30. The molecule has 4 aromatic rings. The molecule has 0 aliphatic heterocycles. The van der Waals surface area contributed by atoms with Crippen molar-refractivity contribution in [2.24, 2.45) is 0 Å². The van der Waals surface area contributed by atoms with Crippen LogP contribution in [0.25, 0.3) is 21.9 Å². The zero-order valence-electron chi connectivity index (χ0n) is 20.9. The maximum Gasteiger partial charge on any atom is 0.152 e. The van der Waals surface area contributed by atoms with Crippen LogP contribution in [0.5, 0.6) is 0 Å². The number of aryl methyl sites for hydroxylation is 2. The number of nitrogen functional groups attached to an aromatic ring is 1. The van der Waals surface area contributed by atoms with Gasteiger partial charge >= 0.3 is 0 Å². The zero-order valence-corrected chi connectivity index (χ0v) is 21.7. The summed E-state index contributed by atoms with van der Waals surface area (Å²) in [6.07, 6.45) is 5.42. The molecule has 0 atom stereocenters. The molecule has 2 aromatic heterocycles. The Morgan fingerprint density at radius 1 is 0.971 bits per heavy atom. The number of nitrogens with one attached hydrogen (secondary N) is 1. The number of rotatable bonds is 10. The highest BCUT2D eigenvalue weighted by molar-refractivity contribution is 7.97. The second kappa shape index (κ2) is 10.8. The number of nitrogens with two attached hydrogens (primary N) is 1. The highest BCUT2D eigenvalue weighted by Gasteiger charge is 2.17. The Labute approximate surface area is 207 Å². The SMILES string of the molecule is CCCCc1nc2c(N)nc3ccccc3c2n1CCCCNSc1ccc(C(C)(C)C)cc1. The van der Waals surface area contributed by atoms with Crippen LogP contribution in [0.1, 0.15) is 64.8 Å². The van der Waals surface area contributed by atoms with Crippen LogP contribution in [0.4, 0.5) is 5.82 Å². The second-order valence-electron chi connectivity index (χ2n) is 9.97. The normalized spacial score (nSPS) is 12.1. The van der Waals surface area contributed by atoms with E-state index in [1.807, 2.05) is 12.1 Å². The van der Waals surface area contributed by atoms with E-state index in [0.717, 1.165) is 73.0 Å². The van der Waals surface area contributed by atoms with Gasteiger partial charge in [0.15, 0.2) is 5.82 Å². The van der Waals surface area contributed by atoms with Gasteiger partial charge in [0.2, 0.25) is 0 Å². The molecule has 0 aliphatic carbocycles. The number of nitrogens with zero attached hydrogens (tertiary/aromatic N) is 3. The number of para-hydroxylation sites is 1. The average Bonchev–Trinajstić information content (AvgIpc) is 3.19. The van der Waals surface area contributed by atoms with Crippen molar-refractivity contribution in [3.05, 3.63) is 59.9 Å². The number of imidazole rings is 1. The number of fused-ring (bicyclic) bond motifs is 3. The van der Waals surface area contributed by atoms with E-state index < -0.39 is 0 Å². The van der Waals surface area contributed by atoms with Crippen molar-refractivity contribution in [3.63, 3.8) is 0 Å². The Morgan fingerprint density at radius 3 is 2.47 bits per heavy atom. The molecular formula is C28H37N5S. The van der Waals surface area contributed by atoms with Crippen molar-refractivity contribution >= 4 is 39.7 Å². The Bertz CT molecular complexity index is 1240. The Kier molecular flexibility index (Phi) is 7.79. The second-order valence-corrected chi connectivity index (χ2v) is 10.9. The first-order valence-corrected chi connectivity index (χ1v) is 13.2. The molecule has 34 heavy (non-hydrogen) atoms. The van der Waals surface area contributed by atoms with E-state index in [-0.39, 0.29) is 5.41 Å². The van der Waals surface area contributed by atoms with Crippen LogP contribution in [-0.4, -0.2) is 21.1 Å². The van der Waals surface area contributed by atoms with E-state index in [1.165, 1.54) is 10.5 Å². The zero-order chi connectivity index (χ0) is 24.1. The molecule has 0 unspecified atom stereocenters. The summed E-state index contributed by atoms with van der Waals surface area (Å²) in [6.45, 7) is 10.9. The van der Waals surface area contributed by atoms with Crippen LogP contribution in [-0.2, 0) is 18.4 Å². The lowest BCUT2D eigenvalue weighted by Crippen LogP contribution is -2.11. The van der Waals surface area contributed by atoms with Crippen LogP contribution < -0.4 is 10.5 Å². The minimum Gasteiger partial charge on any atom is -0.382 e. The first-order valence-electron chi connectivity index (χ1n) is 12.4. The molecule has 180 valence electrons. The van der Waals surface area contributed by atoms with Gasteiger partial charge in [-0.25, -0.2) is 9.97 Å². The van der Waals surface area contributed by atoms with Gasteiger partial charge in [-0.1, -0.05) is 64.4 Å². The third-order valence-electron chi connectivity index (χ3n) is 6.26. The lowest BCUT2D eigenvalue weighted by atomic mass is 9.87. The highest BCUT2D eigenvalue weighted by Crippen LogP contribution is 2.30. The predicted molar refractivity (Wildman–Crippen MR) is 146 cm³/mol. The fraction of sp³-hybridized carbons (Fsp3) is 0.429. The summed E-state index contributed by atoms with van der Waals surface area (Å²) < 4.78 is 5.92. The van der Waals surface area contributed by atoms with Crippen LogP contribution >= 0.6 is 11.9 Å². The minimum atomic E-state index is 0.191. The maximum atomic E-state index is 6.32. The monoisotopic (exact) mass is 475 g/mol. The lowest BCUT2D eigenvalue weighted by molar-refractivity contribution is 0.588. The summed E-state index contributed by atoms with van der Waals surface area (Å²) in [5.41, 5.74) is 10.8. The summed E-state index contributed by atoms with van der Waals surface area (Å²) in [4.78, 5) is 10.8. The van der Waals surface area contributed by atoms with E-state index >= 15 is 0 Å². The molecule has 0 amide bonds. The first-order chi connectivity index (χ1) is 16.4. The molecule has 4 rings (SSSR count). The van der Waals surface area contributed by atoms with Gasteiger partial charge in [-0.15, -0.1) is 0 Å². The number of benzene rings is 2. The molecule has 6 heteroatoms. The first kappa shape index (κ1) is 24.6. The number of unbranched alkanes of at least 4 members (excludes halogenated alkanes) is 2. The summed E-state index contributed by atoms with van der Waals surface area (Å²) >= 11 is 1.71. The van der Waals surface area contributed by atoms with Crippen molar-refractivity contribution in [1.29, 1.82) is 0 Å². The molecule has 0 bridgehead atoms. The summed E-state index contributed by atoms with van der Waals surface area (Å²) in [5, 5.41) is 1.13. The smallest absolute Gasteiger partial charge is 0.152 e. The van der Waals surface area contributed by atoms with Crippen LogP contribution in [0, 0.1) is 0 Å². The van der Waals surface area contributed by atoms with E-state index in [4.69, 9.17) is 10.7 Å². The minimum absolute atomic E-state index is 0.191. The lowest BCUT2D eigenvalue weighted by Gasteiger charge is -2.19. The summed E-state index contributed by atoms with van der Waals surface area (Å²) in [6, 6.07) is 17.1. The Balaban J connectivity index is 1.40. The molecule has 0 saturated heterocycles. The van der Waals surface area contributed by atoms with Gasteiger partial charge in [-0.2, -0.15) is 0 Å². The van der Waals surface area contributed by atoms with Gasteiger partial charge in [0.25, 0.3) is 0 Å². The molecule has 0 spiro atoms. The van der Waals surface area contributed by atoms with E-state index in [1.54, 1.807) is 11.9 Å². The van der Waals surface area contributed by atoms with Crippen molar-refractivity contribution < 1.29 is 0 Å². The molecule has 2 heterocycles. The molecule has 0 aliphatic rings. The Morgan fingerprint density at radius 2 is 1.74 bits per heavy atom. The molecule has 3 N–H and O–H groups in total. The molecule has 5 nitrogen and oxygen atoms in total. The third-order valence-corrected chi connectivity index (χ3v) is 7.12. The van der Waals surface area contributed by atoms with Crippen LogP contribution in [0.3, 0.4) is 0 Å². The van der Waals surface area contributed by atoms with Crippen molar-refractivity contribution in [2.75, 3.05) is 12.3 Å². The van der Waals surface area contributed by atoms with E-state index in [2.05, 4.69) is 78.4 Å². The number of hydrogen-bond donors (Lipinski definition) is 2. The number of anilines is 1. The van der Waals surface area contributed by atoms with Crippen molar-refractivity contribution in [1.82, 2.24) is 19.3 Å². The number of hydrogen-bond acceptors (Lipinski definition) is 5. The standard InChI is InChI=1S/C28H37N5S/c1-5-6-13-24-32-25-26(22-11-7-8-12-23(22)31-27(25)29)33(24)19-10-9-18-30-34-21-16-14-20(15-17-21)28(2,3)4/h7-8,11-12,14-17,30H,5-6,9-10,13,18-19H2,1-4H3,(H2,29,31). The van der Waals surface area contributed by atoms with E-state index in [0.29, 0.717) is 5.82 Å². The molecule has 0 saturated carbocycles. The number of aromatic nitrogens is 3. The van der Waals surface area contributed by atoms with E-state index in [9.17, 15) is 0 Å². The summed E-state index contributed by atoms with van der Waals surface area (Å²) in [5.74, 6) is 1.66. The third kappa shape index (κ3) is 5.56. The average molecular weight is 476 g/mol. The summed E-state index contributed by atoms with van der Waals surface area (Å²) in [7, 11) is 0. The fourth-order valence-corrected chi connectivity index (χ4v) is 4.98. The molecule has 0 radical (unpaired) electrons. The van der Waals surface area contributed by atoms with Crippen molar-refractivity contribution in [2.45, 2.75) is 76.7 Å². The van der Waals surface area contributed by atoms with Gasteiger partial charge in [-0.05, 0) is 60.4 Å². The van der Waals surface area contributed by atoms with Gasteiger partial charge in [0, 0.05) is 29.8 Å². The molecular weight excluding hydrogens is 438 g/mol. The molecule has 2 aromatic carbocycles. The predicted octanol–water partition coefficient (Wildman–Crippen LogP) is 6.88. The highest BCUT2D eigenvalue weighted by atomic mass is 32.2.